The third-order valence-electron chi connectivity index (χ3n) is 3.40. The van der Waals surface area contributed by atoms with E-state index in [4.69, 9.17) is 4.74 Å². The Morgan fingerprint density at radius 2 is 1.64 bits per heavy atom. The van der Waals surface area contributed by atoms with Gasteiger partial charge in [-0.15, -0.1) is 0 Å². The molecule has 0 fully saturated rings. The van der Waals surface area contributed by atoms with Crippen LogP contribution in [-0.4, -0.2) is 23.8 Å². The minimum Gasteiger partial charge on any atom is -0.459 e. The molecule has 0 unspecified atom stereocenters. The number of anilines is 1. The molecule has 6 nitrogen and oxygen atoms in total. The van der Waals surface area contributed by atoms with Crippen molar-refractivity contribution in [2.45, 2.75) is 26.5 Å². The predicted molar refractivity (Wildman–Crippen MR) is 93.9 cm³/mol. The van der Waals surface area contributed by atoms with E-state index >= 15 is 0 Å². The summed E-state index contributed by atoms with van der Waals surface area (Å²) in [7, 11) is 0. The summed E-state index contributed by atoms with van der Waals surface area (Å²) in [6, 6.07) is 15.2. The number of ether oxygens (including phenoxy) is 1. The predicted octanol–water partition coefficient (Wildman–Crippen LogP) is 2.51. The number of hydrogen-bond acceptors (Lipinski definition) is 4. The molecule has 25 heavy (non-hydrogen) atoms. The smallest absolute Gasteiger partial charge is 0.328 e. The van der Waals surface area contributed by atoms with Crippen molar-refractivity contribution in [2.75, 3.05) is 5.32 Å². The third-order valence-corrected chi connectivity index (χ3v) is 3.40. The Labute approximate surface area is 146 Å². The molecule has 0 heterocycles. The Bertz CT molecular complexity index is 742. The lowest BCUT2D eigenvalue weighted by molar-refractivity contribution is -0.148. The highest BCUT2D eigenvalue weighted by atomic mass is 16.5. The molecule has 0 saturated heterocycles. The van der Waals surface area contributed by atoms with E-state index in [9.17, 15) is 14.4 Å². The number of hydrogen-bond donors (Lipinski definition) is 2. The summed E-state index contributed by atoms with van der Waals surface area (Å²) in [4.78, 5) is 34.8. The van der Waals surface area contributed by atoms with Crippen LogP contribution in [0.1, 0.15) is 29.8 Å². The van der Waals surface area contributed by atoms with Crippen LogP contribution >= 0.6 is 0 Å². The van der Waals surface area contributed by atoms with Crippen molar-refractivity contribution in [1.82, 2.24) is 5.32 Å². The van der Waals surface area contributed by atoms with Gasteiger partial charge in [0.05, 0.1) is 0 Å². The average molecular weight is 340 g/mol. The summed E-state index contributed by atoms with van der Waals surface area (Å²) >= 11 is 0. The number of nitrogens with one attached hydrogen (secondary N) is 2. The van der Waals surface area contributed by atoms with Gasteiger partial charge in [0.25, 0.3) is 5.91 Å². The molecular formula is C19H20N2O4. The van der Waals surface area contributed by atoms with Crippen LogP contribution in [0.15, 0.2) is 54.6 Å². The summed E-state index contributed by atoms with van der Waals surface area (Å²) in [5.41, 5.74) is 1.97. The van der Waals surface area contributed by atoms with Gasteiger partial charge in [0.1, 0.15) is 12.6 Å². The van der Waals surface area contributed by atoms with Gasteiger partial charge in [-0.2, -0.15) is 0 Å². The molecule has 2 rings (SSSR count). The first-order chi connectivity index (χ1) is 12.0. The normalized spacial score (nSPS) is 11.3. The van der Waals surface area contributed by atoms with Crippen molar-refractivity contribution in [1.29, 1.82) is 0 Å². The van der Waals surface area contributed by atoms with Gasteiger partial charge in [-0.3, -0.25) is 9.59 Å². The van der Waals surface area contributed by atoms with Gasteiger partial charge in [-0.25, -0.2) is 4.79 Å². The maximum Gasteiger partial charge on any atom is 0.328 e. The van der Waals surface area contributed by atoms with Crippen LogP contribution in [0.25, 0.3) is 0 Å². The number of carbonyl (C=O) groups excluding carboxylic acids is 3. The molecule has 0 aliphatic rings. The van der Waals surface area contributed by atoms with E-state index in [1.807, 2.05) is 30.3 Å². The minimum atomic E-state index is -0.701. The summed E-state index contributed by atoms with van der Waals surface area (Å²) in [6.07, 6.45) is 0. The van der Waals surface area contributed by atoms with E-state index in [0.717, 1.165) is 11.3 Å². The van der Waals surface area contributed by atoms with E-state index in [0.29, 0.717) is 5.56 Å². The van der Waals surface area contributed by atoms with Crippen molar-refractivity contribution in [3.63, 3.8) is 0 Å². The van der Waals surface area contributed by atoms with Gasteiger partial charge in [0, 0.05) is 18.2 Å². The molecule has 0 spiro atoms. The summed E-state index contributed by atoms with van der Waals surface area (Å²) in [5.74, 6) is -1.02. The van der Waals surface area contributed by atoms with E-state index in [1.165, 1.54) is 6.92 Å². The van der Waals surface area contributed by atoms with Crippen molar-refractivity contribution < 1.29 is 19.1 Å². The van der Waals surface area contributed by atoms with Gasteiger partial charge in [0.15, 0.2) is 0 Å². The number of para-hydroxylation sites is 1. The Morgan fingerprint density at radius 1 is 1.00 bits per heavy atom. The van der Waals surface area contributed by atoms with Crippen LogP contribution in [-0.2, 0) is 20.9 Å². The zero-order valence-electron chi connectivity index (χ0n) is 14.1. The maximum absolute atomic E-state index is 12.1. The first kappa shape index (κ1) is 18.2. The summed E-state index contributed by atoms with van der Waals surface area (Å²) in [6.45, 7) is 2.97. The van der Waals surface area contributed by atoms with Crippen molar-refractivity contribution in [3.8, 4) is 0 Å². The van der Waals surface area contributed by atoms with Crippen LogP contribution in [0.5, 0.6) is 0 Å². The molecule has 0 saturated carbocycles. The second-order valence-electron chi connectivity index (χ2n) is 5.55. The first-order valence-electron chi connectivity index (χ1n) is 7.85. The zero-order valence-corrected chi connectivity index (χ0v) is 14.1. The molecule has 0 aliphatic carbocycles. The van der Waals surface area contributed by atoms with Crippen LogP contribution in [0, 0.1) is 0 Å². The third kappa shape index (κ3) is 5.76. The monoisotopic (exact) mass is 340 g/mol. The second kappa shape index (κ2) is 8.63. The molecule has 0 aromatic heterocycles. The number of benzene rings is 2. The minimum absolute atomic E-state index is 0.0728. The second-order valence-corrected chi connectivity index (χ2v) is 5.55. The molecule has 2 amide bonds. The molecule has 2 aromatic rings. The molecule has 0 aliphatic heterocycles. The Hall–Kier alpha value is -3.15. The Balaban J connectivity index is 1.88. The van der Waals surface area contributed by atoms with Gasteiger partial charge in [-0.1, -0.05) is 30.3 Å². The molecule has 2 aromatic carbocycles. The van der Waals surface area contributed by atoms with Crippen LogP contribution in [0.3, 0.4) is 0 Å². The molecule has 1 atom stereocenters. The lowest BCUT2D eigenvalue weighted by Crippen LogP contribution is -2.38. The molecule has 130 valence electrons. The highest BCUT2D eigenvalue weighted by molar-refractivity contribution is 6.04. The van der Waals surface area contributed by atoms with Gasteiger partial charge < -0.3 is 15.4 Å². The van der Waals surface area contributed by atoms with E-state index in [-0.39, 0.29) is 18.4 Å². The van der Waals surface area contributed by atoms with Crippen LogP contribution in [0.4, 0.5) is 5.69 Å². The fourth-order valence-electron chi connectivity index (χ4n) is 2.12. The van der Waals surface area contributed by atoms with Crippen molar-refractivity contribution in [2.24, 2.45) is 0 Å². The average Bonchev–Trinajstić information content (AvgIpc) is 2.60. The molecule has 6 heteroatoms. The number of esters is 1. The van der Waals surface area contributed by atoms with Gasteiger partial charge in [0.2, 0.25) is 5.91 Å². The summed E-state index contributed by atoms with van der Waals surface area (Å²) < 4.78 is 5.13. The topological polar surface area (TPSA) is 84.5 Å². The fraction of sp³-hybridized carbons (Fsp3) is 0.211. The van der Waals surface area contributed by atoms with E-state index in [1.54, 1.807) is 31.2 Å². The van der Waals surface area contributed by atoms with E-state index < -0.39 is 12.0 Å². The number of amides is 2. The molecule has 2 N–H and O–H groups in total. The SMILES string of the molecule is CC(=O)N[C@H](C)C(=O)OCc1ccc(C(=O)Nc2ccccc2)cc1. The fourth-order valence-corrected chi connectivity index (χ4v) is 2.12. The van der Waals surface area contributed by atoms with Gasteiger partial charge >= 0.3 is 5.97 Å². The molecule has 0 bridgehead atoms. The number of rotatable bonds is 6. The van der Waals surface area contributed by atoms with Crippen molar-refractivity contribution in [3.05, 3.63) is 65.7 Å². The molecule has 0 radical (unpaired) electrons. The van der Waals surface area contributed by atoms with E-state index in [2.05, 4.69) is 10.6 Å². The quantitative estimate of drug-likeness (QED) is 0.791. The highest BCUT2D eigenvalue weighted by Gasteiger charge is 2.15. The molecular weight excluding hydrogens is 320 g/mol. The van der Waals surface area contributed by atoms with Crippen LogP contribution in [0.2, 0.25) is 0 Å². The largest absolute Gasteiger partial charge is 0.459 e. The lowest BCUT2D eigenvalue weighted by atomic mass is 10.1. The Kier molecular flexibility index (Phi) is 6.28. The lowest BCUT2D eigenvalue weighted by Gasteiger charge is -2.12. The van der Waals surface area contributed by atoms with Crippen molar-refractivity contribution >= 4 is 23.5 Å². The maximum atomic E-state index is 12.1. The number of carbonyl (C=O) groups is 3. The standard InChI is InChI=1S/C19H20N2O4/c1-13(20-14(2)22)19(24)25-12-15-8-10-16(11-9-15)18(23)21-17-6-4-3-5-7-17/h3-11,13H,12H2,1-2H3,(H,20,22)(H,21,23)/t13-/m1/s1. The van der Waals surface area contributed by atoms with Gasteiger partial charge in [-0.05, 0) is 36.8 Å². The van der Waals surface area contributed by atoms with Crippen LogP contribution < -0.4 is 10.6 Å². The summed E-state index contributed by atoms with van der Waals surface area (Å²) in [5, 5.41) is 5.26. The zero-order chi connectivity index (χ0) is 18.2. The highest BCUT2D eigenvalue weighted by Crippen LogP contribution is 2.10. The Morgan fingerprint density at radius 3 is 2.24 bits per heavy atom. The first-order valence-corrected chi connectivity index (χ1v) is 7.85.